The van der Waals surface area contributed by atoms with Crippen LogP contribution in [0.15, 0.2) is 65.8 Å². The molecule has 0 spiro atoms. The molecule has 0 bridgehead atoms. The van der Waals surface area contributed by atoms with Gasteiger partial charge in [0.2, 0.25) is 0 Å². The summed E-state index contributed by atoms with van der Waals surface area (Å²) < 4.78 is 16.9. The van der Waals surface area contributed by atoms with Crippen LogP contribution in [0.25, 0.3) is 5.69 Å². The maximum Gasteiger partial charge on any atom is 0.255 e. The van der Waals surface area contributed by atoms with Crippen LogP contribution in [0, 0.1) is 5.82 Å². The largest absolute Gasteiger partial charge is 0.322 e. The molecule has 5 nitrogen and oxygen atoms in total. The Bertz CT molecular complexity index is 914. The van der Waals surface area contributed by atoms with Gasteiger partial charge in [0.05, 0.1) is 5.69 Å². The van der Waals surface area contributed by atoms with Gasteiger partial charge in [0, 0.05) is 43.0 Å². The van der Waals surface area contributed by atoms with Crippen molar-refractivity contribution in [3.05, 3.63) is 82.8 Å². The summed E-state index contributed by atoms with van der Waals surface area (Å²) in [5.74, 6) is -0.819. The van der Waals surface area contributed by atoms with Crippen LogP contribution in [0.2, 0.25) is 0 Å². The van der Waals surface area contributed by atoms with Gasteiger partial charge in [-0.05, 0) is 36.4 Å². The first-order chi connectivity index (χ1) is 11.0. The molecule has 0 saturated heterocycles. The van der Waals surface area contributed by atoms with Crippen molar-refractivity contribution in [3.63, 3.8) is 0 Å². The van der Waals surface area contributed by atoms with Crippen molar-refractivity contribution in [1.29, 1.82) is 0 Å². The van der Waals surface area contributed by atoms with Gasteiger partial charge in [-0.15, -0.1) is 0 Å². The Kier molecular flexibility index (Phi) is 3.80. The van der Waals surface area contributed by atoms with E-state index in [-0.39, 0.29) is 11.1 Å². The zero-order valence-electron chi connectivity index (χ0n) is 12.4. The summed E-state index contributed by atoms with van der Waals surface area (Å²) in [7, 11) is 1.60. The molecule has 1 N–H and O–H groups in total. The number of carbonyl (C=O) groups is 1. The number of rotatable bonds is 3. The first-order valence-electron chi connectivity index (χ1n) is 6.95. The third-order valence-electron chi connectivity index (χ3n) is 3.45. The van der Waals surface area contributed by atoms with Crippen LogP contribution in [0.1, 0.15) is 10.4 Å². The molecule has 0 saturated carbocycles. The Morgan fingerprint density at radius 2 is 1.83 bits per heavy atom. The van der Waals surface area contributed by atoms with Gasteiger partial charge >= 0.3 is 0 Å². The number of anilines is 1. The maximum atomic E-state index is 13.9. The number of carbonyl (C=O) groups excluding carboxylic acids is 1. The fourth-order valence-corrected chi connectivity index (χ4v) is 2.18. The lowest BCUT2D eigenvalue weighted by Gasteiger charge is -2.10. The average Bonchev–Trinajstić information content (AvgIpc) is 3.06. The molecule has 6 heteroatoms. The number of nitrogens with zero attached hydrogens (tertiary/aromatic N) is 2. The summed E-state index contributed by atoms with van der Waals surface area (Å²) in [6.45, 7) is 0. The monoisotopic (exact) mass is 311 g/mol. The van der Waals surface area contributed by atoms with Crippen LogP contribution in [0.5, 0.6) is 0 Å². The summed E-state index contributed by atoms with van der Waals surface area (Å²) in [6, 6.07) is 10.7. The lowest BCUT2D eigenvalue weighted by Crippen LogP contribution is -2.20. The van der Waals surface area contributed by atoms with E-state index in [2.05, 4.69) is 5.32 Å². The maximum absolute atomic E-state index is 13.9. The Morgan fingerprint density at radius 3 is 2.52 bits per heavy atom. The molecule has 3 aromatic rings. The van der Waals surface area contributed by atoms with E-state index in [0.29, 0.717) is 11.4 Å². The van der Waals surface area contributed by atoms with Crippen molar-refractivity contribution in [2.45, 2.75) is 0 Å². The van der Waals surface area contributed by atoms with Crippen molar-refractivity contribution in [2.75, 3.05) is 5.32 Å². The second-order valence-corrected chi connectivity index (χ2v) is 5.08. The van der Waals surface area contributed by atoms with E-state index in [9.17, 15) is 14.0 Å². The first-order valence-corrected chi connectivity index (χ1v) is 6.95. The molecule has 0 aliphatic heterocycles. The van der Waals surface area contributed by atoms with Crippen molar-refractivity contribution < 1.29 is 9.18 Å². The zero-order valence-corrected chi connectivity index (χ0v) is 12.4. The van der Waals surface area contributed by atoms with Crippen LogP contribution in [0.4, 0.5) is 10.1 Å². The second kappa shape index (κ2) is 5.92. The van der Waals surface area contributed by atoms with Crippen LogP contribution < -0.4 is 10.9 Å². The fourth-order valence-electron chi connectivity index (χ4n) is 2.18. The molecule has 1 amide bonds. The minimum Gasteiger partial charge on any atom is -0.322 e. The summed E-state index contributed by atoms with van der Waals surface area (Å²) in [5, 5.41) is 2.67. The van der Waals surface area contributed by atoms with E-state index in [1.807, 2.05) is 0 Å². The average molecular weight is 311 g/mol. The molecule has 2 aromatic heterocycles. The zero-order chi connectivity index (χ0) is 16.4. The third kappa shape index (κ3) is 3.06. The number of pyridine rings is 1. The minimum atomic E-state index is -0.423. The molecule has 0 aliphatic rings. The van der Waals surface area contributed by atoms with Crippen LogP contribution in [0.3, 0.4) is 0 Å². The van der Waals surface area contributed by atoms with Gasteiger partial charge in [0.1, 0.15) is 5.82 Å². The van der Waals surface area contributed by atoms with E-state index >= 15 is 0 Å². The molecular weight excluding hydrogens is 297 g/mol. The number of nitrogens with one attached hydrogen (secondary N) is 1. The van der Waals surface area contributed by atoms with Gasteiger partial charge in [0.25, 0.3) is 11.5 Å². The van der Waals surface area contributed by atoms with Crippen LogP contribution in [-0.4, -0.2) is 15.0 Å². The normalized spacial score (nSPS) is 10.5. The van der Waals surface area contributed by atoms with Crippen molar-refractivity contribution in [3.8, 4) is 5.69 Å². The fraction of sp³-hybridized carbons (Fsp3) is 0.0588. The van der Waals surface area contributed by atoms with Gasteiger partial charge in [-0.1, -0.05) is 0 Å². The third-order valence-corrected chi connectivity index (χ3v) is 3.45. The SMILES string of the molecule is Cn1ccc(C(=O)Nc2ccc(F)c(-n3cccc3)c2)cc1=O. The van der Waals surface area contributed by atoms with Crippen LogP contribution in [-0.2, 0) is 7.05 Å². The van der Waals surface area contributed by atoms with E-state index in [1.165, 1.54) is 35.0 Å². The van der Waals surface area contributed by atoms with Crippen molar-refractivity contribution in [1.82, 2.24) is 9.13 Å². The molecule has 2 heterocycles. The van der Waals surface area contributed by atoms with E-state index in [0.717, 1.165) is 0 Å². The van der Waals surface area contributed by atoms with Crippen molar-refractivity contribution >= 4 is 11.6 Å². The molecule has 0 unspecified atom stereocenters. The highest BCUT2D eigenvalue weighted by Gasteiger charge is 2.10. The van der Waals surface area contributed by atoms with Gasteiger partial charge in [-0.25, -0.2) is 4.39 Å². The highest BCUT2D eigenvalue weighted by atomic mass is 19.1. The minimum absolute atomic E-state index is 0.250. The molecule has 1 aromatic carbocycles. The highest BCUT2D eigenvalue weighted by molar-refractivity contribution is 6.04. The molecule has 0 fully saturated rings. The van der Waals surface area contributed by atoms with E-state index in [1.54, 1.807) is 42.2 Å². The Balaban J connectivity index is 1.88. The molecule has 0 atom stereocenters. The predicted molar refractivity (Wildman–Crippen MR) is 85.4 cm³/mol. The number of aryl methyl sites for hydroxylation is 1. The van der Waals surface area contributed by atoms with Crippen LogP contribution >= 0.6 is 0 Å². The Morgan fingerprint density at radius 1 is 1.09 bits per heavy atom. The molecule has 0 aliphatic carbocycles. The highest BCUT2D eigenvalue weighted by Crippen LogP contribution is 2.19. The summed E-state index contributed by atoms with van der Waals surface area (Å²) in [4.78, 5) is 23.8. The Labute approximate surface area is 131 Å². The Hall–Kier alpha value is -3.15. The summed E-state index contributed by atoms with van der Waals surface area (Å²) in [5.41, 5.74) is 0.752. The molecular formula is C17H14FN3O2. The lowest BCUT2D eigenvalue weighted by atomic mass is 10.2. The van der Waals surface area contributed by atoms with Gasteiger partial charge in [-0.3, -0.25) is 9.59 Å². The number of amides is 1. The second-order valence-electron chi connectivity index (χ2n) is 5.08. The lowest BCUT2D eigenvalue weighted by molar-refractivity contribution is 0.102. The predicted octanol–water partition coefficient (Wildman–Crippen LogP) is 2.57. The number of hydrogen-bond acceptors (Lipinski definition) is 2. The first kappa shape index (κ1) is 14.8. The van der Waals surface area contributed by atoms with Gasteiger partial charge in [-0.2, -0.15) is 0 Å². The molecule has 23 heavy (non-hydrogen) atoms. The molecule has 3 rings (SSSR count). The smallest absolute Gasteiger partial charge is 0.255 e. The summed E-state index contributed by atoms with van der Waals surface area (Å²) >= 11 is 0. The molecule has 0 radical (unpaired) electrons. The number of aromatic nitrogens is 2. The van der Waals surface area contributed by atoms with E-state index < -0.39 is 11.7 Å². The quantitative estimate of drug-likeness (QED) is 0.808. The number of hydrogen-bond donors (Lipinski definition) is 1. The number of benzene rings is 1. The van der Waals surface area contributed by atoms with Crippen molar-refractivity contribution in [2.24, 2.45) is 7.05 Å². The topological polar surface area (TPSA) is 56.0 Å². The number of halogens is 1. The van der Waals surface area contributed by atoms with E-state index in [4.69, 9.17) is 0 Å². The standard InChI is InChI=1S/C17H14FN3O2/c1-20-9-6-12(10-16(20)22)17(23)19-13-4-5-14(18)15(11-13)21-7-2-3-8-21/h2-11H,1H3,(H,19,23). The van der Waals surface area contributed by atoms with Gasteiger partial charge < -0.3 is 14.5 Å². The van der Waals surface area contributed by atoms with Gasteiger partial charge in [0.15, 0.2) is 0 Å². The summed E-state index contributed by atoms with van der Waals surface area (Å²) in [6.07, 6.45) is 4.95. The molecule has 116 valence electrons.